The van der Waals surface area contributed by atoms with Gasteiger partial charge in [0, 0.05) is 12.1 Å². The Labute approximate surface area is 194 Å². The Hall–Kier alpha value is -3.14. The van der Waals surface area contributed by atoms with Gasteiger partial charge in [0.1, 0.15) is 11.6 Å². The molecule has 1 atom stereocenters. The van der Waals surface area contributed by atoms with E-state index in [4.69, 9.17) is 16.3 Å². The number of ketones is 1. The lowest BCUT2D eigenvalue weighted by atomic mass is 10.1. The second kappa shape index (κ2) is 10.2. The SMILES string of the molecule is CC(OC(=O)c1ccc(CNS(=O)(=O)c2ccc(F)c(Cl)c2)cc1)C(=O)c1ccc(F)cc1. The van der Waals surface area contributed by atoms with Crippen molar-refractivity contribution in [1.29, 1.82) is 0 Å². The van der Waals surface area contributed by atoms with Gasteiger partial charge in [-0.2, -0.15) is 0 Å². The fraction of sp³-hybridized carbons (Fsp3) is 0.130. The number of hydrogen-bond acceptors (Lipinski definition) is 5. The highest BCUT2D eigenvalue weighted by atomic mass is 35.5. The average Bonchev–Trinajstić information content (AvgIpc) is 2.79. The van der Waals surface area contributed by atoms with Crippen molar-refractivity contribution in [2.24, 2.45) is 0 Å². The molecule has 10 heteroatoms. The van der Waals surface area contributed by atoms with Crippen LogP contribution in [0.5, 0.6) is 0 Å². The minimum atomic E-state index is -3.93. The van der Waals surface area contributed by atoms with Crippen LogP contribution < -0.4 is 4.72 Å². The summed E-state index contributed by atoms with van der Waals surface area (Å²) in [4.78, 5) is 24.5. The molecule has 3 rings (SSSR count). The van der Waals surface area contributed by atoms with Gasteiger partial charge in [-0.25, -0.2) is 26.7 Å². The standard InChI is InChI=1S/C23H18ClF2NO5S/c1-14(22(28)16-6-8-18(25)9-7-16)32-23(29)17-4-2-15(3-5-17)13-27-33(30,31)19-10-11-21(26)20(24)12-19/h2-12,14,27H,13H2,1H3. The summed E-state index contributed by atoms with van der Waals surface area (Å²) in [6.45, 7) is 1.32. The molecule has 0 aliphatic heterocycles. The van der Waals surface area contributed by atoms with E-state index in [1.165, 1.54) is 43.3 Å². The van der Waals surface area contributed by atoms with Gasteiger partial charge in [0.05, 0.1) is 15.5 Å². The maximum atomic E-state index is 13.2. The largest absolute Gasteiger partial charge is 0.451 e. The number of esters is 1. The Morgan fingerprint density at radius 3 is 2.18 bits per heavy atom. The van der Waals surface area contributed by atoms with Gasteiger partial charge in [-0.1, -0.05) is 23.7 Å². The van der Waals surface area contributed by atoms with Gasteiger partial charge in [0.15, 0.2) is 6.10 Å². The van der Waals surface area contributed by atoms with E-state index in [1.54, 1.807) is 0 Å². The van der Waals surface area contributed by atoms with E-state index in [0.29, 0.717) is 5.56 Å². The third-order valence-electron chi connectivity index (χ3n) is 4.64. The van der Waals surface area contributed by atoms with Crippen LogP contribution in [0, 0.1) is 11.6 Å². The topological polar surface area (TPSA) is 89.5 Å². The molecule has 0 saturated carbocycles. The minimum Gasteiger partial charge on any atom is -0.451 e. The van der Waals surface area contributed by atoms with Crippen molar-refractivity contribution in [2.45, 2.75) is 24.5 Å². The molecule has 3 aromatic carbocycles. The molecule has 0 saturated heterocycles. The van der Waals surface area contributed by atoms with Crippen molar-refractivity contribution in [2.75, 3.05) is 0 Å². The fourth-order valence-electron chi connectivity index (χ4n) is 2.80. The summed E-state index contributed by atoms with van der Waals surface area (Å²) in [5.41, 5.74) is 0.909. The molecule has 0 aliphatic carbocycles. The van der Waals surface area contributed by atoms with Crippen molar-refractivity contribution in [1.82, 2.24) is 4.72 Å². The number of benzene rings is 3. The van der Waals surface area contributed by atoms with Crippen LogP contribution in [-0.2, 0) is 21.3 Å². The van der Waals surface area contributed by atoms with Crippen LogP contribution in [-0.4, -0.2) is 26.3 Å². The maximum absolute atomic E-state index is 13.2. The van der Waals surface area contributed by atoms with Gasteiger partial charge in [-0.15, -0.1) is 0 Å². The summed E-state index contributed by atoms with van der Waals surface area (Å²) in [7, 11) is -3.93. The van der Waals surface area contributed by atoms with E-state index in [0.717, 1.165) is 30.3 Å². The zero-order valence-electron chi connectivity index (χ0n) is 17.2. The molecule has 1 unspecified atom stereocenters. The van der Waals surface area contributed by atoms with Gasteiger partial charge in [0.25, 0.3) is 0 Å². The first kappa shape index (κ1) is 24.5. The van der Waals surface area contributed by atoms with Crippen molar-refractivity contribution in [3.8, 4) is 0 Å². The first-order valence-corrected chi connectivity index (χ1v) is 11.5. The lowest BCUT2D eigenvalue weighted by Crippen LogP contribution is -2.24. The van der Waals surface area contributed by atoms with Gasteiger partial charge in [0.2, 0.25) is 15.8 Å². The molecule has 0 aliphatic rings. The maximum Gasteiger partial charge on any atom is 0.338 e. The third-order valence-corrected chi connectivity index (χ3v) is 6.33. The van der Waals surface area contributed by atoms with E-state index in [9.17, 15) is 26.8 Å². The van der Waals surface area contributed by atoms with Gasteiger partial charge in [-0.3, -0.25) is 4.79 Å². The summed E-state index contributed by atoms with van der Waals surface area (Å²) < 4.78 is 58.5. The Morgan fingerprint density at radius 2 is 1.58 bits per heavy atom. The predicted molar refractivity (Wildman–Crippen MR) is 117 cm³/mol. The first-order chi connectivity index (χ1) is 15.6. The van der Waals surface area contributed by atoms with Crippen LogP contribution in [0.15, 0.2) is 71.6 Å². The second-order valence-corrected chi connectivity index (χ2v) is 9.19. The highest BCUT2D eigenvalue weighted by molar-refractivity contribution is 7.89. The number of carbonyl (C=O) groups excluding carboxylic acids is 2. The average molecular weight is 494 g/mol. The van der Waals surface area contributed by atoms with E-state index < -0.39 is 39.5 Å². The lowest BCUT2D eigenvalue weighted by molar-refractivity contribution is 0.0318. The van der Waals surface area contributed by atoms with Crippen molar-refractivity contribution in [3.63, 3.8) is 0 Å². The summed E-state index contributed by atoms with van der Waals surface area (Å²) in [6, 6.07) is 13.8. The minimum absolute atomic E-state index is 0.0912. The number of Topliss-reactive ketones (excluding diaryl/α,β-unsaturated/α-hetero) is 1. The molecule has 6 nitrogen and oxygen atoms in total. The van der Waals surface area contributed by atoms with Crippen molar-refractivity contribution < 1.29 is 31.5 Å². The number of carbonyl (C=O) groups is 2. The number of hydrogen-bond donors (Lipinski definition) is 1. The quantitative estimate of drug-likeness (QED) is 0.368. The molecule has 0 bridgehead atoms. The molecule has 0 spiro atoms. The zero-order valence-corrected chi connectivity index (χ0v) is 18.8. The molecule has 33 heavy (non-hydrogen) atoms. The molecule has 1 N–H and O–H groups in total. The van der Waals surface area contributed by atoms with Crippen LogP contribution in [0.1, 0.15) is 33.2 Å². The number of ether oxygens (including phenoxy) is 1. The zero-order chi connectivity index (χ0) is 24.2. The summed E-state index contributed by atoms with van der Waals surface area (Å²) >= 11 is 5.63. The van der Waals surface area contributed by atoms with Gasteiger partial charge in [-0.05, 0) is 67.1 Å². The van der Waals surface area contributed by atoms with Gasteiger partial charge >= 0.3 is 5.97 Å². The fourth-order valence-corrected chi connectivity index (χ4v) is 4.08. The third kappa shape index (κ3) is 6.22. The number of halogens is 3. The smallest absolute Gasteiger partial charge is 0.338 e. The molecular formula is C23H18ClF2NO5S. The molecular weight excluding hydrogens is 476 g/mol. The monoisotopic (exact) mass is 493 g/mol. The predicted octanol–water partition coefficient (Wildman–Crippen LogP) is 4.52. The van der Waals surface area contributed by atoms with E-state index >= 15 is 0 Å². The first-order valence-electron chi connectivity index (χ1n) is 9.61. The molecule has 0 amide bonds. The van der Waals surface area contributed by atoms with Crippen LogP contribution in [0.2, 0.25) is 5.02 Å². The highest BCUT2D eigenvalue weighted by Gasteiger charge is 2.21. The van der Waals surface area contributed by atoms with E-state index in [-0.39, 0.29) is 27.6 Å². The normalized spacial score (nSPS) is 12.2. The highest BCUT2D eigenvalue weighted by Crippen LogP contribution is 2.19. The van der Waals surface area contributed by atoms with Crippen LogP contribution in [0.25, 0.3) is 0 Å². The summed E-state index contributed by atoms with van der Waals surface area (Å²) in [5.74, 6) is -2.44. The Bertz CT molecular complexity index is 1280. The number of nitrogens with one attached hydrogen (secondary N) is 1. The number of rotatable bonds is 8. The molecule has 172 valence electrons. The lowest BCUT2D eigenvalue weighted by Gasteiger charge is -2.13. The second-order valence-electron chi connectivity index (χ2n) is 7.02. The van der Waals surface area contributed by atoms with Crippen molar-refractivity contribution >= 4 is 33.4 Å². The Morgan fingerprint density at radius 1 is 0.970 bits per heavy atom. The summed E-state index contributed by atoms with van der Waals surface area (Å²) in [6.07, 6.45) is -1.09. The van der Waals surface area contributed by atoms with Crippen molar-refractivity contribution in [3.05, 3.63) is 100 Å². The summed E-state index contributed by atoms with van der Waals surface area (Å²) in [5, 5.41) is -0.312. The molecule has 0 heterocycles. The number of sulfonamides is 1. The van der Waals surface area contributed by atoms with Crippen LogP contribution in [0.4, 0.5) is 8.78 Å². The van der Waals surface area contributed by atoms with E-state index in [1.807, 2.05) is 0 Å². The molecule has 0 aromatic heterocycles. The van der Waals surface area contributed by atoms with Crippen LogP contribution >= 0.6 is 11.6 Å². The molecule has 3 aromatic rings. The van der Waals surface area contributed by atoms with E-state index in [2.05, 4.69) is 4.72 Å². The molecule has 0 radical (unpaired) electrons. The Balaban J connectivity index is 1.60. The van der Waals surface area contributed by atoms with Crippen LogP contribution in [0.3, 0.4) is 0 Å². The van der Waals surface area contributed by atoms with Gasteiger partial charge < -0.3 is 4.74 Å². The Kier molecular flexibility index (Phi) is 7.57. The molecule has 0 fully saturated rings.